The van der Waals surface area contributed by atoms with E-state index in [1.807, 2.05) is 115 Å². The monoisotopic (exact) mass is 402 g/mol. The van der Waals surface area contributed by atoms with Crippen molar-refractivity contribution in [1.82, 2.24) is 4.48 Å². The Morgan fingerprint density at radius 2 is 1.29 bits per heavy atom. The molecule has 0 saturated carbocycles. The van der Waals surface area contributed by atoms with Gasteiger partial charge in [-0.05, 0) is 35.4 Å². The van der Waals surface area contributed by atoms with Crippen molar-refractivity contribution < 1.29 is 4.32 Å². The number of aromatic nitrogens is 1. The summed E-state index contributed by atoms with van der Waals surface area (Å²) in [6.07, 6.45) is 4.04. The number of hydrogen-bond donors (Lipinski definition) is 0. The van der Waals surface area contributed by atoms with Crippen molar-refractivity contribution in [3.05, 3.63) is 138 Å². The number of allylic oxidation sites excluding steroid dienone is 2. The molecule has 0 N–H and O–H groups in total. The van der Waals surface area contributed by atoms with Crippen molar-refractivity contribution in [3.63, 3.8) is 0 Å². The van der Waals surface area contributed by atoms with E-state index in [0.29, 0.717) is 0 Å². The fraction of sp³-hybridized carbons (Fsp3) is 0. The maximum absolute atomic E-state index is 14.4. The first-order chi connectivity index (χ1) is 15.3. The van der Waals surface area contributed by atoms with E-state index in [1.54, 1.807) is 4.48 Å². The van der Waals surface area contributed by atoms with Gasteiger partial charge in [0.15, 0.2) is 0 Å². The van der Waals surface area contributed by atoms with E-state index < -0.39 is 7.69 Å². The summed E-state index contributed by atoms with van der Waals surface area (Å²) in [6.45, 7) is 0. The van der Waals surface area contributed by atoms with Gasteiger partial charge in [-0.15, -0.1) is 0 Å². The lowest BCUT2D eigenvalue weighted by molar-refractivity contribution is 0.834. The molecule has 5 rings (SSSR count). The molecule has 3 aromatic carbocycles. The van der Waals surface area contributed by atoms with Gasteiger partial charge in [0.05, 0.1) is 11.4 Å². The topological polar surface area (TPSA) is 17.3 Å². The lowest BCUT2D eigenvalue weighted by atomic mass is 9.99. The summed E-state index contributed by atoms with van der Waals surface area (Å²) in [5.74, 6) is 0. The van der Waals surface area contributed by atoms with Crippen LogP contribution in [-0.2, 0) is 0 Å². The third-order valence-electron chi connectivity index (χ3n) is 5.45. The van der Waals surface area contributed by atoms with Gasteiger partial charge in [0.2, 0.25) is 0 Å². The third-order valence-corrected chi connectivity index (χ3v) is 5.45. The van der Waals surface area contributed by atoms with Crippen LogP contribution in [0.1, 0.15) is 16.8 Å². The number of hydrogen-bond acceptors (Lipinski definition) is 1. The van der Waals surface area contributed by atoms with Gasteiger partial charge < -0.3 is 8.79 Å². The zero-order valence-electron chi connectivity index (χ0n) is 16.9. The van der Waals surface area contributed by atoms with Gasteiger partial charge >= 0.3 is 7.69 Å². The summed E-state index contributed by atoms with van der Waals surface area (Å²) in [5, 5.41) is 0. The van der Waals surface area contributed by atoms with Crippen molar-refractivity contribution in [1.29, 1.82) is 0 Å². The summed E-state index contributed by atoms with van der Waals surface area (Å²) in [5.41, 5.74) is 7.37. The predicted octanol–water partition coefficient (Wildman–Crippen LogP) is 6.06. The number of aliphatic imine (C=N–C) groups is 1. The number of halogens is 1. The summed E-state index contributed by atoms with van der Waals surface area (Å²) in [4.78, 5) is 4.92. The van der Waals surface area contributed by atoms with Crippen LogP contribution in [0.15, 0.2) is 126 Å². The van der Waals surface area contributed by atoms with E-state index in [-0.39, 0.29) is 0 Å². The van der Waals surface area contributed by atoms with Crippen LogP contribution in [0.4, 0.5) is 4.32 Å². The van der Waals surface area contributed by atoms with Crippen LogP contribution in [0.25, 0.3) is 16.8 Å². The van der Waals surface area contributed by atoms with Crippen LogP contribution in [-0.4, -0.2) is 17.9 Å². The Hall–Kier alpha value is -3.92. The molecule has 4 heteroatoms. The van der Waals surface area contributed by atoms with Gasteiger partial charge in [-0.2, -0.15) is 0 Å². The Balaban J connectivity index is 1.70. The Morgan fingerprint density at radius 1 is 0.677 bits per heavy atom. The van der Waals surface area contributed by atoms with E-state index in [2.05, 4.69) is 0 Å². The molecule has 0 amide bonds. The van der Waals surface area contributed by atoms with E-state index in [0.717, 1.165) is 45.1 Å². The van der Waals surface area contributed by atoms with E-state index in [1.165, 1.54) is 0 Å². The standard InChI is InChI=1S/C27H20BFN2/c29-28-31-25(21-12-6-2-7-13-21)18-19-26(31)27(22-14-8-3-9-15-22)24-17-16-23(30-24)20-10-4-1-5-11-20/h1-19,28H/b27-24-. The zero-order chi connectivity index (χ0) is 21.0. The van der Waals surface area contributed by atoms with Crippen LogP contribution >= 0.6 is 0 Å². The lowest BCUT2D eigenvalue weighted by Crippen LogP contribution is -2.08. The van der Waals surface area contributed by atoms with Gasteiger partial charge in [-0.1, -0.05) is 91.0 Å². The fourth-order valence-corrected chi connectivity index (χ4v) is 3.98. The van der Waals surface area contributed by atoms with E-state index >= 15 is 0 Å². The van der Waals surface area contributed by atoms with E-state index in [9.17, 15) is 4.32 Å². The molecule has 0 aliphatic carbocycles. The summed E-state index contributed by atoms with van der Waals surface area (Å²) < 4.78 is 16.1. The molecule has 2 nitrogen and oxygen atoms in total. The van der Waals surface area contributed by atoms with Gasteiger partial charge in [0.1, 0.15) is 0 Å². The molecule has 0 fully saturated rings. The van der Waals surface area contributed by atoms with Gasteiger partial charge in [-0.25, -0.2) is 4.99 Å². The Labute approximate surface area is 182 Å². The summed E-state index contributed by atoms with van der Waals surface area (Å²) in [7, 11) is -0.616. The maximum Gasteiger partial charge on any atom is 0.448 e. The molecular formula is C27H20BFN2. The minimum absolute atomic E-state index is 0.616. The van der Waals surface area contributed by atoms with Gasteiger partial charge in [0.25, 0.3) is 0 Å². The molecule has 1 aromatic heterocycles. The minimum atomic E-state index is -0.616. The molecule has 0 radical (unpaired) electrons. The fourth-order valence-electron chi connectivity index (χ4n) is 3.98. The van der Waals surface area contributed by atoms with Gasteiger partial charge in [-0.3, -0.25) is 0 Å². The van der Waals surface area contributed by atoms with Crippen LogP contribution < -0.4 is 0 Å². The largest absolute Gasteiger partial charge is 0.448 e. The van der Waals surface area contributed by atoms with Crippen molar-refractivity contribution in [2.24, 2.45) is 4.99 Å². The molecule has 0 bridgehead atoms. The molecule has 0 atom stereocenters. The highest BCUT2D eigenvalue weighted by atomic mass is 19.1. The number of rotatable bonds is 5. The first-order valence-corrected chi connectivity index (χ1v) is 10.3. The minimum Gasteiger partial charge on any atom is -0.358 e. The predicted molar refractivity (Wildman–Crippen MR) is 128 cm³/mol. The summed E-state index contributed by atoms with van der Waals surface area (Å²) >= 11 is 0. The van der Waals surface area contributed by atoms with Gasteiger partial charge in [0, 0.05) is 22.5 Å². The van der Waals surface area contributed by atoms with Crippen LogP contribution in [0.5, 0.6) is 0 Å². The molecule has 1 aliphatic heterocycles. The van der Waals surface area contributed by atoms with E-state index in [4.69, 9.17) is 4.99 Å². The van der Waals surface area contributed by atoms with Crippen LogP contribution in [0.3, 0.4) is 0 Å². The van der Waals surface area contributed by atoms with Crippen LogP contribution in [0, 0.1) is 0 Å². The highest BCUT2D eigenvalue weighted by molar-refractivity contribution is 6.26. The second-order valence-electron chi connectivity index (χ2n) is 7.34. The maximum atomic E-state index is 14.4. The molecule has 0 saturated heterocycles. The molecule has 2 heterocycles. The van der Waals surface area contributed by atoms with Crippen molar-refractivity contribution in [3.8, 4) is 11.3 Å². The zero-order valence-corrected chi connectivity index (χ0v) is 16.9. The quantitative estimate of drug-likeness (QED) is 0.361. The third kappa shape index (κ3) is 3.68. The SMILES string of the molecule is FBn1c(/C(=C2/C=CC(c3ccccc3)=N2)c2ccccc2)ccc1-c1ccccc1. The lowest BCUT2D eigenvalue weighted by Gasteiger charge is -2.14. The van der Waals surface area contributed by atoms with Crippen molar-refractivity contribution in [2.45, 2.75) is 0 Å². The number of nitrogens with zero attached hydrogens (tertiary/aromatic N) is 2. The average molecular weight is 402 g/mol. The number of benzene rings is 3. The molecular weight excluding hydrogens is 382 g/mol. The molecule has 1 aliphatic rings. The molecule has 0 unspecified atom stereocenters. The molecule has 0 spiro atoms. The first-order valence-electron chi connectivity index (χ1n) is 10.3. The van der Waals surface area contributed by atoms with Crippen molar-refractivity contribution in [2.75, 3.05) is 0 Å². The Kier molecular flexibility index (Phi) is 5.20. The smallest absolute Gasteiger partial charge is 0.358 e. The molecule has 148 valence electrons. The second kappa shape index (κ2) is 8.45. The first kappa shape index (κ1) is 19.1. The van der Waals surface area contributed by atoms with Crippen molar-refractivity contribution >= 4 is 19.0 Å². The Bertz CT molecular complexity index is 1290. The van der Waals surface area contributed by atoms with Crippen LogP contribution in [0.2, 0.25) is 0 Å². The summed E-state index contributed by atoms with van der Waals surface area (Å²) in [6, 6.07) is 34.0. The normalized spacial score (nSPS) is 14.4. The average Bonchev–Trinajstić information content (AvgIpc) is 3.49. The second-order valence-corrected chi connectivity index (χ2v) is 7.34. The highest BCUT2D eigenvalue weighted by Gasteiger charge is 2.20. The Morgan fingerprint density at radius 3 is 1.94 bits per heavy atom. The molecule has 31 heavy (non-hydrogen) atoms. The molecule has 4 aromatic rings. The highest BCUT2D eigenvalue weighted by Crippen LogP contribution is 2.34.